The number of unbranched alkanes of at least 4 members (excludes halogenated alkanes) is 1. The van der Waals surface area contributed by atoms with Crippen molar-refractivity contribution in [3.8, 4) is 0 Å². The fourth-order valence-electron chi connectivity index (χ4n) is 1.08. The number of nitrogens with zero attached hydrogens (tertiary/aromatic N) is 1. The first-order chi connectivity index (χ1) is 8.54. The van der Waals surface area contributed by atoms with Crippen LogP contribution in [0.5, 0.6) is 0 Å². The van der Waals surface area contributed by atoms with Crippen LogP contribution in [0.1, 0.15) is 24.6 Å². The zero-order valence-corrected chi connectivity index (χ0v) is 12.1. The van der Waals surface area contributed by atoms with Crippen LogP contribution in [-0.4, -0.2) is 17.5 Å². The fraction of sp³-hybridized carbons (Fsp3) is 0.364. The highest BCUT2D eigenvalue weighted by Gasteiger charge is 2.11. The van der Waals surface area contributed by atoms with Crippen molar-refractivity contribution in [3.05, 3.63) is 31.6 Å². The molecule has 0 N–H and O–H groups in total. The van der Waals surface area contributed by atoms with Gasteiger partial charge in [0.15, 0.2) is 0 Å². The number of nitro groups is 1. The molecule has 0 aliphatic carbocycles. The molecule has 0 bridgehead atoms. The van der Waals surface area contributed by atoms with Gasteiger partial charge in [0, 0.05) is 10.9 Å². The number of hydrogen-bond acceptors (Lipinski definition) is 5. The molecule has 0 atom stereocenters. The highest BCUT2D eigenvalue weighted by Crippen LogP contribution is 2.27. The topological polar surface area (TPSA) is 69.4 Å². The van der Waals surface area contributed by atoms with Gasteiger partial charge in [-0.05, 0) is 34.5 Å². The first-order valence-electron chi connectivity index (χ1n) is 5.33. The van der Waals surface area contributed by atoms with Gasteiger partial charge in [-0.15, -0.1) is 0 Å². The lowest BCUT2D eigenvalue weighted by Crippen LogP contribution is -2.05. The van der Waals surface area contributed by atoms with Crippen molar-refractivity contribution in [3.63, 3.8) is 0 Å². The molecule has 98 valence electrons. The van der Waals surface area contributed by atoms with Gasteiger partial charge >= 0.3 is 11.0 Å². The Bertz CT molecular complexity index is 469. The smallest absolute Gasteiger partial charge is 0.345 e. The molecule has 1 rings (SSSR count). The Labute approximate surface area is 117 Å². The summed E-state index contributed by atoms with van der Waals surface area (Å²) in [4.78, 5) is 22.2. The molecule has 0 radical (unpaired) electrons. The molecule has 0 amide bonds. The average Bonchev–Trinajstić information content (AvgIpc) is 2.77. The molecule has 0 saturated heterocycles. The highest BCUT2D eigenvalue weighted by atomic mass is 79.9. The minimum atomic E-state index is -0.463. The fourth-order valence-corrected chi connectivity index (χ4v) is 2.36. The molecule has 7 heteroatoms. The van der Waals surface area contributed by atoms with Gasteiger partial charge < -0.3 is 4.74 Å². The largest absolute Gasteiger partial charge is 0.462 e. The summed E-state index contributed by atoms with van der Waals surface area (Å²) in [6.07, 6.45) is 3.29. The van der Waals surface area contributed by atoms with E-state index in [1.807, 2.05) is 6.92 Å². The molecule has 0 aliphatic heterocycles. The summed E-state index contributed by atoms with van der Waals surface area (Å²) in [5.74, 6) is -0.459. The van der Waals surface area contributed by atoms with E-state index in [1.54, 1.807) is 6.07 Å². The van der Waals surface area contributed by atoms with Crippen LogP contribution in [0, 0.1) is 10.1 Å². The van der Waals surface area contributed by atoms with Crippen molar-refractivity contribution < 1.29 is 14.5 Å². The van der Waals surface area contributed by atoms with Crippen LogP contribution >= 0.6 is 27.3 Å². The molecule has 1 aromatic heterocycles. The van der Waals surface area contributed by atoms with E-state index in [9.17, 15) is 14.9 Å². The highest BCUT2D eigenvalue weighted by molar-refractivity contribution is 9.12. The summed E-state index contributed by atoms with van der Waals surface area (Å²) in [7, 11) is 0. The van der Waals surface area contributed by atoms with Gasteiger partial charge in [-0.3, -0.25) is 10.1 Å². The zero-order valence-electron chi connectivity index (χ0n) is 9.72. The Hall–Kier alpha value is -1.21. The van der Waals surface area contributed by atoms with Crippen LogP contribution in [0.25, 0.3) is 6.08 Å². The molecule has 1 aromatic rings. The van der Waals surface area contributed by atoms with Gasteiger partial charge in [0.05, 0.1) is 11.5 Å². The zero-order chi connectivity index (χ0) is 13.5. The summed E-state index contributed by atoms with van der Waals surface area (Å²) >= 11 is 4.10. The van der Waals surface area contributed by atoms with Crippen molar-refractivity contribution in [1.29, 1.82) is 0 Å². The first kappa shape index (κ1) is 14.8. The lowest BCUT2D eigenvalue weighted by Gasteiger charge is -2.01. The Balaban J connectivity index is 2.63. The van der Waals surface area contributed by atoms with Crippen molar-refractivity contribution >= 4 is 44.3 Å². The first-order valence-corrected chi connectivity index (χ1v) is 6.94. The van der Waals surface area contributed by atoms with E-state index < -0.39 is 10.9 Å². The minimum absolute atomic E-state index is 0.0425. The predicted octanol–water partition coefficient (Wildman–Crippen LogP) is 3.74. The normalized spacial score (nSPS) is 11.3. The summed E-state index contributed by atoms with van der Waals surface area (Å²) in [5, 5.41) is 10.5. The molecule has 0 fully saturated rings. The third-order valence-electron chi connectivity index (χ3n) is 1.99. The van der Waals surface area contributed by atoms with Crippen molar-refractivity contribution in [2.45, 2.75) is 19.8 Å². The maximum Gasteiger partial charge on any atom is 0.345 e. The van der Waals surface area contributed by atoms with Gasteiger partial charge in [0.25, 0.3) is 0 Å². The Kier molecular flexibility index (Phi) is 6.00. The number of carbonyl (C=O) groups is 1. The monoisotopic (exact) mass is 333 g/mol. The molecule has 0 spiro atoms. The van der Waals surface area contributed by atoms with Crippen molar-refractivity contribution in [2.75, 3.05) is 6.61 Å². The van der Waals surface area contributed by atoms with Gasteiger partial charge in [-0.25, -0.2) is 4.79 Å². The lowest BCUT2D eigenvalue weighted by molar-refractivity contribution is -0.380. The third kappa shape index (κ3) is 4.58. The molecule has 1 heterocycles. The third-order valence-corrected chi connectivity index (χ3v) is 3.52. The number of hydrogen-bond donors (Lipinski definition) is 0. The molecular weight excluding hydrogens is 322 g/mol. The van der Waals surface area contributed by atoms with E-state index in [1.165, 1.54) is 12.1 Å². The van der Waals surface area contributed by atoms with E-state index in [4.69, 9.17) is 4.74 Å². The Morgan fingerprint density at radius 3 is 2.89 bits per heavy atom. The average molecular weight is 334 g/mol. The molecule has 18 heavy (non-hydrogen) atoms. The van der Waals surface area contributed by atoms with Crippen LogP contribution < -0.4 is 0 Å². The molecule has 0 unspecified atom stereocenters. The summed E-state index contributed by atoms with van der Waals surface area (Å²) in [5.41, 5.74) is 0. The number of esters is 1. The van der Waals surface area contributed by atoms with E-state index in [0.717, 1.165) is 24.2 Å². The molecule has 5 nitrogen and oxygen atoms in total. The SMILES string of the molecule is CCCCOC(=O)C(Br)=Cc1ccc([N+](=O)[O-])s1. The maximum atomic E-state index is 11.5. The van der Waals surface area contributed by atoms with E-state index in [-0.39, 0.29) is 9.48 Å². The second-order valence-electron chi connectivity index (χ2n) is 3.41. The number of thiophene rings is 1. The van der Waals surface area contributed by atoms with Crippen molar-refractivity contribution in [2.24, 2.45) is 0 Å². The quantitative estimate of drug-likeness (QED) is 0.261. The van der Waals surface area contributed by atoms with E-state index in [0.29, 0.717) is 11.5 Å². The van der Waals surface area contributed by atoms with Crippen LogP contribution in [0.15, 0.2) is 16.6 Å². The van der Waals surface area contributed by atoms with Crippen LogP contribution in [0.3, 0.4) is 0 Å². The summed E-state index contributed by atoms with van der Waals surface area (Å²) in [6.45, 7) is 2.38. The molecule has 0 aliphatic rings. The standard InChI is InChI=1S/C11H12BrNO4S/c1-2-3-6-17-11(14)9(12)7-8-4-5-10(18-8)13(15)16/h4-5,7H,2-3,6H2,1H3. The molecule has 0 aromatic carbocycles. The van der Waals surface area contributed by atoms with Crippen molar-refractivity contribution in [1.82, 2.24) is 0 Å². The predicted molar refractivity (Wildman–Crippen MR) is 73.7 cm³/mol. The maximum absolute atomic E-state index is 11.5. The lowest BCUT2D eigenvalue weighted by atomic mass is 10.3. The van der Waals surface area contributed by atoms with E-state index >= 15 is 0 Å². The molecular formula is C11H12BrNO4S. The van der Waals surface area contributed by atoms with Crippen LogP contribution in [-0.2, 0) is 9.53 Å². The summed E-state index contributed by atoms with van der Waals surface area (Å²) in [6, 6.07) is 2.99. The second-order valence-corrected chi connectivity index (χ2v) is 5.36. The van der Waals surface area contributed by atoms with Crippen LogP contribution in [0.4, 0.5) is 5.00 Å². The number of ether oxygens (including phenoxy) is 1. The number of carbonyl (C=O) groups excluding carboxylic acids is 1. The van der Waals surface area contributed by atoms with Gasteiger partial charge in [-0.2, -0.15) is 0 Å². The summed E-state index contributed by atoms with van der Waals surface area (Å²) < 4.78 is 5.25. The second kappa shape index (κ2) is 7.27. The Morgan fingerprint density at radius 1 is 1.61 bits per heavy atom. The Morgan fingerprint density at radius 2 is 2.33 bits per heavy atom. The molecule has 0 saturated carbocycles. The van der Waals surface area contributed by atoms with E-state index in [2.05, 4.69) is 15.9 Å². The van der Waals surface area contributed by atoms with Gasteiger partial charge in [0.1, 0.15) is 4.48 Å². The number of rotatable bonds is 6. The number of halogens is 1. The van der Waals surface area contributed by atoms with Gasteiger partial charge in [-0.1, -0.05) is 24.7 Å². The minimum Gasteiger partial charge on any atom is -0.462 e. The van der Waals surface area contributed by atoms with Crippen LogP contribution in [0.2, 0.25) is 0 Å². The van der Waals surface area contributed by atoms with Gasteiger partial charge in [0.2, 0.25) is 0 Å².